The van der Waals surface area contributed by atoms with Crippen molar-refractivity contribution < 1.29 is 18.9 Å². The van der Waals surface area contributed by atoms with Crippen LogP contribution in [-0.4, -0.2) is 109 Å². The van der Waals surface area contributed by atoms with Crippen molar-refractivity contribution in [2.45, 2.75) is 13.0 Å². The highest BCUT2D eigenvalue weighted by atomic mass is 16.5. The number of carbonyl (C=O) groups excluding carboxylic acids is 2. The van der Waals surface area contributed by atoms with Crippen LogP contribution in [0, 0.1) is 5.92 Å². The molecule has 4 aliphatic heterocycles. The third-order valence-electron chi connectivity index (χ3n) is 6.44. The molecule has 0 aliphatic carbocycles. The number of rotatable bonds is 4. The second-order valence-corrected chi connectivity index (χ2v) is 8.66. The van der Waals surface area contributed by atoms with Crippen molar-refractivity contribution in [1.29, 1.82) is 0 Å². The molecule has 3 amide bonds. The zero-order chi connectivity index (χ0) is 21.5. The van der Waals surface area contributed by atoms with Crippen LogP contribution in [-0.2, 0) is 9.53 Å². The van der Waals surface area contributed by atoms with Gasteiger partial charge in [0.25, 0.3) is 5.91 Å². The summed E-state index contributed by atoms with van der Waals surface area (Å²) in [6, 6.07) is 9.26. The highest BCUT2D eigenvalue weighted by Gasteiger charge is 2.55. The Balaban J connectivity index is 1.43. The Morgan fingerprint density at radius 3 is 2.61 bits per heavy atom. The molecule has 9 heteroatoms. The molecule has 5 rings (SSSR count). The van der Waals surface area contributed by atoms with Gasteiger partial charge >= 0.3 is 12.0 Å². The first-order chi connectivity index (χ1) is 15.0. The van der Waals surface area contributed by atoms with Gasteiger partial charge in [0.2, 0.25) is 11.9 Å². The second kappa shape index (κ2) is 8.05. The number of carbonyl (C=O) groups is 2. The summed E-state index contributed by atoms with van der Waals surface area (Å²) in [5.74, 6) is 1.47. The lowest BCUT2D eigenvalue weighted by Gasteiger charge is -2.36. The van der Waals surface area contributed by atoms with Crippen molar-refractivity contribution in [2.24, 2.45) is 10.9 Å². The van der Waals surface area contributed by atoms with Gasteiger partial charge in [0.05, 0.1) is 26.3 Å². The first-order valence-corrected chi connectivity index (χ1v) is 11.0. The van der Waals surface area contributed by atoms with Gasteiger partial charge in [0, 0.05) is 39.1 Å². The van der Waals surface area contributed by atoms with E-state index in [2.05, 4.69) is 33.4 Å². The normalized spacial score (nSPS) is 26.9. The third kappa shape index (κ3) is 3.51. The number of anilines is 1. The number of fused-ring (bicyclic) bond motifs is 2. The van der Waals surface area contributed by atoms with Crippen molar-refractivity contribution in [3.8, 4) is 0 Å². The summed E-state index contributed by atoms with van der Waals surface area (Å²) in [6.07, 6.45) is 0. The van der Waals surface area contributed by atoms with Crippen LogP contribution in [0.5, 0.6) is 0 Å². The quantitative estimate of drug-likeness (QED) is 0.658. The van der Waals surface area contributed by atoms with Gasteiger partial charge in [-0.2, -0.15) is 0 Å². The minimum absolute atomic E-state index is 0.174. The van der Waals surface area contributed by atoms with Crippen molar-refractivity contribution in [1.82, 2.24) is 14.7 Å². The number of ether oxygens (including phenoxy) is 1. The summed E-state index contributed by atoms with van der Waals surface area (Å²) < 4.78 is 7.47. The minimum Gasteiger partial charge on any atom is -0.379 e. The maximum atomic E-state index is 13.5. The highest BCUT2D eigenvalue weighted by molar-refractivity contribution is 6.24. The maximum absolute atomic E-state index is 13.5. The summed E-state index contributed by atoms with van der Waals surface area (Å²) in [5, 5.41) is 0. The smallest absolute Gasteiger partial charge is 0.379 e. The lowest BCUT2D eigenvalue weighted by atomic mass is 10.1. The van der Waals surface area contributed by atoms with Crippen LogP contribution in [0.4, 0.5) is 10.5 Å². The van der Waals surface area contributed by atoms with E-state index >= 15 is 0 Å². The standard InChI is InChI=1S/C22H29N6O3/c1-16-14-27(17-6-4-3-5-7-17)21-23-19-18(28(21)15-16)20(29)26(22(30)24(19)2)9-8-25-10-12-31-13-11-25/h3-7,16,18H,8-15H2,1-2H3/q+1. The first-order valence-electron chi connectivity index (χ1n) is 11.0. The Morgan fingerprint density at radius 2 is 1.87 bits per heavy atom. The SMILES string of the molecule is CC1CN(c2ccccc2)C2=[N+](C1)C1C(=O)N(CCN3CCOCC3)C(=O)N(C)C1=N2. The van der Waals surface area contributed by atoms with Gasteiger partial charge < -0.3 is 4.74 Å². The topological polar surface area (TPSA) is 71.7 Å². The average molecular weight is 426 g/mol. The lowest BCUT2D eigenvalue weighted by molar-refractivity contribution is -0.545. The van der Waals surface area contributed by atoms with E-state index in [1.54, 1.807) is 11.9 Å². The first kappa shape index (κ1) is 20.1. The summed E-state index contributed by atoms with van der Waals surface area (Å²) in [6.45, 7) is 7.84. The zero-order valence-corrected chi connectivity index (χ0v) is 18.1. The van der Waals surface area contributed by atoms with E-state index in [4.69, 9.17) is 9.73 Å². The number of hydrogen-bond donors (Lipinski definition) is 0. The van der Waals surface area contributed by atoms with E-state index in [0.29, 0.717) is 38.1 Å². The number of morpholine rings is 1. The van der Waals surface area contributed by atoms with Crippen molar-refractivity contribution in [2.75, 3.05) is 64.4 Å². The summed E-state index contributed by atoms with van der Waals surface area (Å²) >= 11 is 0. The van der Waals surface area contributed by atoms with Gasteiger partial charge in [0.15, 0.2) is 0 Å². The number of likely N-dealkylation sites (N-methyl/N-ethyl adjacent to an activating group) is 1. The number of urea groups is 1. The fourth-order valence-electron chi connectivity index (χ4n) is 4.80. The van der Waals surface area contributed by atoms with Crippen LogP contribution in [0.3, 0.4) is 0 Å². The molecule has 4 aliphatic rings. The molecule has 1 aromatic carbocycles. The van der Waals surface area contributed by atoms with Crippen molar-refractivity contribution in [3.05, 3.63) is 30.3 Å². The van der Waals surface area contributed by atoms with Crippen LogP contribution in [0.15, 0.2) is 35.3 Å². The number of guanidine groups is 1. The van der Waals surface area contributed by atoms with Gasteiger partial charge in [-0.25, -0.2) is 14.3 Å². The molecule has 0 saturated carbocycles. The molecule has 2 atom stereocenters. The van der Waals surface area contributed by atoms with E-state index in [0.717, 1.165) is 37.8 Å². The monoisotopic (exact) mass is 425 g/mol. The number of nitrogens with zero attached hydrogens (tertiary/aromatic N) is 6. The van der Waals surface area contributed by atoms with Crippen molar-refractivity contribution in [3.63, 3.8) is 0 Å². The number of para-hydroxylation sites is 1. The Bertz CT molecular complexity index is 940. The lowest BCUT2D eigenvalue weighted by Crippen LogP contribution is -2.64. The number of benzene rings is 1. The molecule has 2 unspecified atom stereocenters. The van der Waals surface area contributed by atoms with Crippen LogP contribution >= 0.6 is 0 Å². The van der Waals surface area contributed by atoms with E-state index < -0.39 is 6.04 Å². The van der Waals surface area contributed by atoms with E-state index in [1.807, 2.05) is 18.2 Å². The van der Waals surface area contributed by atoms with Gasteiger partial charge in [-0.15, -0.1) is 0 Å². The molecule has 0 radical (unpaired) electrons. The zero-order valence-electron chi connectivity index (χ0n) is 18.1. The molecule has 0 N–H and O–H groups in total. The molecule has 31 heavy (non-hydrogen) atoms. The van der Waals surface area contributed by atoms with Gasteiger partial charge in [-0.1, -0.05) is 30.1 Å². The minimum atomic E-state index is -0.545. The van der Waals surface area contributed by atoms with E-state index in [-0.39, 0.29) is 11.9 Å². The van der Waals surface area contributed by atoms with Crippen molar-refractivity contribution >= 4 is 29.4 Å². The molecule has 1 aromatic rings. The number of amidine groups is 1. The fraction of sp³-hybridized carbons (Fsp3) is 0.545. The summed E-state index contributed by atoms with van der Waals surface area (Å²) in [4.78, 5) is 38.7. The van der Waals surface area contributed by atoms with Crippen LogP contribution < -0.4 is 4.90 Å². The molecule has 2 saturated heterocycles. The highest BCUT2D eigenvalue weighted by Crippen LogP contribution is 2.27. The van der Waals surface area contributed by atoms with Gasteiger partial charge in [0.1, 0.15) is 5.69 Å². The Kier molecular flexibility index (Phi) is 5.23. The van der Waals surface area contributed by atoms with E-state index in [1.165, 1.54) is 4.90 Å². The third-order valence-corrected chi connectivity index (χ3v) is 6.44. The maximum Gasteiger partial charge on any atom is 0.397 e. The molecule has 4 heterocycles. The summed E-state index contributed by atoms with van der Waals surface area (Å²) in [5.41, 5.74) is 1.04. The Labute approximate surface area is 182 Å². The predicted octanol–water partition coefficient (Wildman–Crippen LogP) is 0.518. The molecule has 0 aromatic heterocycles. The fourth-order valence-corrected chi connectivity index (χ4v) is 4.80. The second-order valence-electron chi connectivity index (χ2n) is 8.66. The molecular weight excluding hydrogens is 396 g/mol. The number of hydrogen-bond acceptors (Lipinski definition) is 6. The molecule has 2 fully saturated rings. The van der Waals surface area contributed by atoms with Crippen LogP contribution in [0.25, 0.3) is 0 Å². The molecule has 0 bridgehead atoms. The molecular formula is C22H29N6O3+. The van der Waals surface area contributed by atoms with E-state index in [9.17, 15) is 9.59 Å². The van der Waals surface area contributed by atoms with Gasteiger partial charge in [-0.05, 0) is 12.1 Å². The predicted molar refractivity (Wildman–Crippen MR) is 116 cm³/mol. The average Bonchev–Trinajstić information content (AvgIpc) is 3.18. The molecule has 0 spiro atoms. The van der Waals surface area contributed by atoms with Gasteiger partial charge in [-0.3, -0.25) is 19.5 Å². The van der Waals surface area contributed by atoms with Crippen LogP contribution in [0.2, 0.25) is 0 Å². The summed E-state index contributed by atoms with van der Waals surface area (Å²) in [7, 11) is 1.72. The Morgan fingerprint density at radius 1 is 1.13 bits per heavy atom. The van der Waals surface area contributed by atoms with Crippen LogP contribution in [0.1, 0.15) is 6.92 Å². The molecule has 9 nitrogen and oxygen atoms in total. The number of aliphatic imine (C=N–C) groups is 1. The number of imide groups is 1. The Hall–Kier alpha value is -2.78. The number of amides is 3. The largest absolute Gasteiger partial charge is 0.397 e. The molecule has 164 valence electrons.